The van der Waals surface area contributed by atoms with Crippen molar-refractivity contribution < 1.29 is 0 Å². The van der Waals surface area contributed by atoms with Gasteiger partial charge in [-0.3, -0.25) is 4.40 Å². The number of H-pyrrole nitrogens is 1. The van der Waals surface area contributed by atoms with Gasteiger partial charge in [0.15, 0.2) is 5.82 Å². The Bertz CT molecular complexity index is 591. The van der Waals surface area contributed by atoms with E-state index in [9.17, 15) is 0 Å². The number of para-hydroxylation sites is 2. The summed E-state index contributed by atoms with van der Waals surface area (Å²) in [7, 11) is 0. The Morgan fingerprint density at radius 1 is 1.36 bits per heavy atom. The molecule has 14 heavy (non-hydrogen) atoms. The Morgan fingerprint density at radius 2 is 2.21 bits per heavy atom. The molecule has 0 aliphatic rings. The molecule has 0 aliphatic carbocycles. The van der Waals surface area contributed by atoms with Gasteiger partial charge in [-0.15, -0.1) is 0 Å². The predicted molar refractivity (Wildman–Crippen MR) is 52.7 cm³/mol. The quantitative estimate of drug-likeness (QED) is 0.588. The van der Waals surface area contributed by atoms with Gasteiger partial charge in [0.05, 0.1) is 17.6 Å². The standard InChI is InChI=1S/C9H9N5/c10-5-8-12-13-9-11-6-3-1-2-4-7(6)14(8)9/h1-4H,5,10H2,(H,11,13). The molecule has 0 spiro atoms. The largest absolute Gasteiger partial charge is 0.324 e. The van der Waals surface area contributed by atoms with Gasteiger partial charge in [0, 0.05) is 0 Å². The Morgan fingerprint density at radius 3 is 3.07 bits per heavy atom. The lowest BCUT2D eigenvalue weighted by Gasteiger charge is -1.92. The molecule has 3 N–H and O–H groups in total. The number of nitrogens with zero attached hydrogens (tertiary/aromatic N) is 3. The van der Waals surface area contributed by atoms with Crippen molar-refractivity contribution in [2.45, 2.75) is 6.54 Å². The normalized spacial score (nSPS) is 11.5. The summed E-state index contributed by atoms with van der Waals surface area (Å²) in [6, 6.07) is 7.91. The second kappa shape index (κ2) is 2.55. The van der Waals surface area contributed by atoms with Crippen molar-refractivity contribution in [1.82, 2.24) is 19.6 Å². The molecule has 0 aliphatic heterocycles. The van der Waals surface area contributed by atoms with Gasteiger partial charge in [0.1, 0.15) is 0 Å². The molecule has 1 aromatic carbocycles. The minimum absolute atomic E-state index is 0.403. The topological polar surface area (TPSA) is 72.0 Å². The van der Waals surface area contributed by atoms with E-state index < -0.39 is 0 Å². The van der Waals surface area contributed by atoms with Crippen molar-refractivity contribution in [3.63, 3.8) is 0 Å². The van der Waals surface area contributed by atoms with Gasteiger partial charge in [0.25, 0.3) is 0 Å². The van der Waals surface area contributed by atoms with Crippen LogP contribution < -0.4 is 5.73 Å². The van der Waals surface area contributed by atoms with E-state index in [4.69, 9.17) is 5.73 Å². The van der Waals surface area contributed by atoms with Crippen molar-refractivity contribution in [3.05, 3.63) is 30.1 Å². The zero-order chi connectivity index (χ0) is 9.54. The molecule has 0 fully saturated rings. The summed E-state index contributed by atoms with van der Waals surface area (Å²) in [5.74, 6) is 1.54. The summed E-state index contributed by atoms with van der Waals surface area (Å²) < 4.78 is 1.94. The summed E-state index contributed by atoms with van der Waals surface area (Å²) in [4.78, 5) is 4.37. The Kier molecular flexibility index (Phi) is 1.37. The number of fused-ring (bicyclic) bond motifs is 3. The van der Waals surface area contributed by atoms with Crippen LogP contribution in [0, 0.1) is 0 Å². The van der Waals surface area contributed by atoms with Crippen LogP contribution in [-0.2, 0) is 6.54 Å². The van der Waals surface area contributed by atoms with E-state index in [1.54, 1.807) is 0 Å². The number of nitrogens with two attached hydrogens (primary N) is 1. The monoisotopic (exact) mass is 187 g/mol. The first kappa shape index (κ1) is 7.52. The van der Waals surface area contributed by atoms with Crippen molar-refractivity contribution >= 4 is 16.8 Å². The van der Waals surface area contributed by atoms with E-state index in [1.807, 2.05) is 28.7 Å². The maximum Gasteiger partial charge on any atom is 0.230 e. The number of aromatic nitrogens is 4. The van der Waals surface area contributed by atoms with Crippen LogP contribution in [0.5, 0.6) is 0 Å². The second-order valence-corrected chi connectivity index (χ2v) is 3.10. The molecule has 0 amide bonds. The van der Waals surface area contributed by atoms with Crippen LogP contribution in [0.4, 0.5) is 0 Å². The van der Waals surface area contributed by atoms with Crippen molar-refractivity contribution in [2.75, 3.05) is 0 Å². The predicted octanol–water partition coefficient (Wildman–Crippen LogP) is 0.669. The zero-order valence-corrected chi connectivity index (χ0v) is 7.44. The number of imidazole rings is 1. The van der Waals surface area contributed by atoms with Gasteiger partial charge >= 0.3 is 0 Å². The van der Waals surface area contributed by atoms with E-state index in [0.717, 1.165) is 22.6 Å². The van der Waals surface area contributed by atoms with Gasteiger partial charge < -0.3 is 5.73 Å². The molecular weight excluding hydrogens is 178 g/mol. The molecule has 70 valence electrons. The lowest BCUT2D eigenvalue weighted by Crippen LogP contribution is -2.01. The van der Waals surface area contributed by atoms with E-state index in [-0.39, 0.29) is 0 Å². The Labute approximate surface area is 79.6 Å². The second-order valence-electron chi connectivity index (χ2n) is 3.10. The number of rotatable bonds is 1. The molecule has 0 saturated heterocycles. The fourth-order valence-corrected chi connectivity index (χ4v) is 1.66. The summed E-state index contributed by atoms with van der Waals surface area (Å²) in [6.45, 7) is 0.403. The molecular formula is C9H9N5. The van der Waals surface area contributed by atoms with Gasteiger partial charge in [-0.1, -0.05) is 12.1 Å². The molecule has 3 rings (SSSR count). The van der Waals surface area contributed by atoms with Crippen LogP contribution in [-0.4, -0.2) is 19.6 Å². The highest BCUT2D eigenvalue weighted by molar-refractivity contribution is 5.79. The average Bonchev–Trinajstić information content (AvgIpc) is 2.75. The van der Waals surface area contributed by atoms with Gasteiger partial charge in [-0.05, 0) is 12.1 Å². The van der Waals surface area contributed by atoms with Crippen LogP contribution in [0.3, 0.4) is 0 Å². The molecule has 0 bridgehead atoms. The highest BCUT2D eigenvalue weighted by atomic mass is 15.3. The summed E-state index contributed by atoms with van der Waals surface area (Å²) in [6.07, 6.45) is 0. The summed E-state index contributed by atoms with van der Waals surface area (Å²) >= 11 is 0. The lowest BCUT2D eigenvalue weighted by molar-refractivity contribution is 0.895. The molecule has 0 unspecified atom stereocenters. The molecule has 5 heteroatoms. The minimum Gasteiger partial charge on any atom is -0.324 e. The highest BCUT2D eigenvalue weighted by Crippen LogP contribution is 2.15. The minimum atomic E-state index is 0.403. The van der Waals surface area contributed by atoms with Crippen LogP contribution in [0.15, 0.2) is 24.3 Å². The molecule has 3 aromatic rings. The number of hydrogen-bond acceptors (Lipinski definition) is 3. The van der Waals surface area contributed by atoms with E-state index in [2.05, 4.69) is 15.2 Å². The molecule has 5 nitrogen and oxygen atoms in total. The Balaban J connectivity index is 2.54. The zero-order valence-electron chi connectivity index (χ0n) is 7.44. The van der Waals surface area contributed by atoms with Gasteiger partial charge in [-0.2, -0.15) is 5.10 Å². The van der Waals surface area contributed by atoms with Crippen LogP contribution in [0.2, 0.25) is 0 Å². The SMILES string of the molecule is NCc1n[nH]c2nc3ccccc3n12. The third kappa shape index (κ3) is 0.816. The number of aromatic amines is 1. The van der Waals surface area contributed by atoms with Crippen LogP contribution in [0.1, 0.15) is 5.82 Å². The lowest BCUT2D eigenvalue weighted by atomic mass is 10.3. The van der Waals surface area contributed by atoms with Crippen molar-refractivity contribution in [3.8, 4) is 0 Å². The third-order valence-electron chi connectivity index (χ3n) is 2.29. The fraction of sp³-hybridized carbons (Fsp3) is 0.111. The van der Waals surface area contributed by atoms with E-state index >= 15 is 0 Å². The molecule has 2 heterocycles. The van der Waals surface area contributed by atoms with Gasteiger partial charge in [-0.25, -0.2) is 10.1 Å². The van der Waals surface area contributed by atoms with Crippen LogP contribution >= 0.6 is 0 Å². The first-order chi connectivity index (χ1) is 6.90. The summed E-state index contributed by atoms with van der Waals surface area (Å²) in [5, 5.41) is 6.92. The Hall–Kier alpha value is -1.88. The van der Waals surface area contributed by atoms with Crippen LogP contribution in [0.25, 0.3) is 16.8 Å². The molecule has 0 radical (unpaired) electrons. The van der Waals surface area contributed by atoms with E-state index in [1.165, 1.54) is 0 Å². The number of hydrogen-bond donors (Lipinski definition) is 2. The van der Waals surface area contributed by atoms with Crippen molar-refractivity contribution in [2.24, 2.45) is 5.73 Å². The number of nitrogens with one attached hydrogen (secondary N) is 1. The first-order valence-electron chi connectivity index (χ1n) is 4.40. The molecule has 0 saturated carbocycles. The van der Waals surface area contributed by atoms with E-state index in [0.29, 0.717) is 6.54 Å². The maximum atomic E-state index is 5.58. The molecule has 2 aromatic heterocycles. The number of benzene rings is 1. The molecule has 0 atom stereocenters. The average molecular weight is 187 g/mol. The fourth-order valence-electron chi connectivity index (χ4n) is 1.66. The smallest absolute Gasteiger partial charge is 0.230 e. The van der Waals surface area contributed by atoms with Gasteiger partial charge in [0.2, 0.25) is 5.78 Å². The maximum absolute atomic E-state index is 5.58. The van der Waals surface area contributed by atoms with Crippen molar-refractivity contribution in [1.29, 1.82) is 0 Å². The highest BCUT2D eigenvalue weighted by Gasteiger charge is 2.08. The summed E-state index contributed by atoms with van der Waals surface area (Å²) in [5.41, 5.74) is 7.57. The first-order valence-corrected chi connectivity index (χ1v) is 4.40. The third-order valence-corrected chi connectivity index (χ3v) is 2.29.